The van der Waals surface area contributed by atoms with Crippen LogP contribution in [-0.2, 0) is 4.74 Å². The monoisotopic (exact) mass is 366 g/mol. The van der Waals surface area contributed by atoms with Crippen LogP contribution in [0, 0.1) is 6.92 Å². The number of amides is 1. The Labute approximate surface area is 158 Å². The summed E-state index contributed by atoms with van der Waals surface area (Å²) in [5, 5.41) is 2.54. The first-order valence-corrected chi connectivity index (χ1v) is 9.32. The van der Waals surface area contributed by atoms with Crippen LogP contribution in [0.1, 0.15) is 26.3 Å². The number of nitrogens with zero attached hydrogens (tertiary/aromatic N) is 2. The van der Waals surface area contributed by atoms with Crippen molar-refractivity contribution >= 4 is 28.2 Å². The van der Waals surface area contributed by atoms with E-state index in [1.807, 2.05) is 68.6 Å². The number of rotatable bonds is 3. The Morgan fingerprint density at radius 3 is 2.31 bits per heavy atom. The average Bonchev–Trinajstić information content (AvgIpc) is 3.04. The molecule has 0 spiro atoms. The summed E-state index contributed by atoms with van der Waals surface area (Å²) in [5.74, 6) is 0. The molecule has 134 valence electrons. The van der Waals surface area contributed by atoms with E-state index in [1.54, 1.807) is 0 Å². The van der Waals surface area contributed by atoms with Crippen molar-refractivity contribution in [3.05, 3.63) is 65.5 Å². The van der Waals surface area contributed by atoms with E-state index in [4.69, 9.17) is 4.74 Å². The van der Waals surface area contributed by atoms with Gasteiger partial charge in [-0.2, -0.15) is 0 Å². The second-order valence-corrected chi connectivity index (χ2v) is 7.87. The maximum absolute atomic E-state index is 12.8. The number of benzene rings is 2. The molecule has 2 aromatic carbocycles. The third-order valence-corrected chi connectivity index (χ3v) is 4.45. The number of hydrogen-bond acceptors (Lipinski definition) is 4. The number of ether oxygens (including phenoxy) is 1. The summed E-state index contributed by atoms with van der Waals surface area (Å²) in [6.07, 6.45) is -0.437. The summed E-state index contributed by atoms with van der Waals surface area (Å²) in [6.45, 7) is 7.62. The molecule has 0 aliphatic heterocycles. The van der Waals surface area contributed by atoms with E-state index in [9.17, 15) is 4.79 Å². The van der Waals surface area contributed by atoms with Crippen molar-refractivity contribution in [2.24, 2.45) is 0 Å². The first kappa shape index (κ1) is 18.1. The summed E-state index contributed by atoms with van der Waals surface area (Å²) >= 11 is 1.42. The molecule has 0 saturated heterocycles. The highest BCUT2D eigenvalue weighted by Gasteiger charge is 2.27. The number of aryl methyl sites for hydroxylation is 1. The summed E-state index contributed by atoms with van der Waals surface area (Å²) in [6, 6.07) is 17.6. The molecule has 0 N–H and O–H groups in total. The molecule has 1 aromatic heterocycles. The van der Waals surface area contributed by atoms with Gasteiger partial charge in [0.15, 0.2) is 5.13 Å². The van der Waals surface area contributed by atoms with Gasteiger partial charge in [-0.1, -0.05) is 48.0 Å². The topological polar surface area (TPSA) is 42.4 Å². The summed E-state index contributed by atoms with van der Waals surface area (Å²) in [5.41, 5.74) is 3.21. The number of hydrogen-bond donors (Lipinski definition) is 0. The molecule has 0 radical (unpaired) electrons. The van der Waals surface area contributed by atoms with Crippen LogP contribution in [0.4, 0.5) is 15.6 Å². The Morgan fingerprint density at radius 2 is 1.69 bits per heavy atom. The lowest BCUT2D eigenvalue weighted by molar-refractivity contribution is 0.0599. The van der Waals surface area contributed by atoms with Crippen LogP contribution in [0.2, 0.25) is 0 Å². The Bertz CT molecular complexity index is 880. The third kappa shape index (κ3) is 4.29. The van der Waals surface area contributed by atoms with Crippen molar-refractivity contribution in [1.82, 2.24) is 4.98 Å². The lowest BCUT2D eigenvalue weighted by Gasteiger charge is -2.25. The average molecular weight is 366 g/mol. The zero-order chi connectivity index (χ0) is 18.7. The highest BCUT2D eigenvalue weighted by Crippen LogP contribution is 2.33. The van der Waals surface area contributed by atoms with Crippen molar-refractivity contribution in [3.8, 4) is 11.3 Å². The molecule has 0 unspecified atom stereocenters. The van der Waals surface area contributed by atoms with Crippen LogP contribution >= 0.6 is 11.3 Å². The fraction of sp³-hybridized carbons (Fsp3) is 0.238. The van der Waals surface area contributed by atoms with Gasteiger partial charge in [-0.3, -0.25) is 0 Å². The predicted molar refractivity (Wildman–Crippen MR) is 107 cm³/mol. The molecule has 1 heterocycles. The molecule has 0 saturated carbocycles. The van der Waals surface area contributed by atoms with Crippen LogP contribution in [0.15, 0.2) is 60.0 Å². The third-order valence-electron chi connectivity index (χ3n) is 3.62. The maximum Gasteiger partial charge on any atom is 0.421 e. The van der Waals surface area contributed by atoms with E-state index in [0.717, 1.165) is 16.9 Å². The molecular formula is C21H22N2O2S. The summed E-state index contributed by atoms with van der Waals surface area (Å²) in [7, 11) is 0. The number of thiazole rings is 1. The highest BCUT2D eigenvalue weighted by atomic mass is 32.1. The second kappa shape index (κ2) is 7.30. The van der Waals surface area contributed by atoms with Crippen molar-refractivity contribution in [2.45, 2.75) is 33.3 Å². The van der Waals surface area contributed by atoms with Crippen LogP contribution in [-0.4, -0.2) is 16.7 Å². The summed E-state index contributed by atoms with van der Waals surface area (Å²) in [4.78, 5) is 19.0. The molecule has 0 atom stereocenters. The molecule has 0 bridgehead atoms. The highest BCUT2D eigenvalue weighted by molar-refractivity contribution is 7.14. The largest absolute Gasteiger partial charge is 0.443 e. The Morgan fingerprint density at radius 1 is 1.04 bits per heavy atom. The van der Waals surface area contributed by atoms with Crippen molar-refractivity contribution in [3.63, 3.8) is 0 Å². The minimum atomic E-state index is -0.582. The van der Waals surface area contributed by atoms with Crippen molar-refractivity contribution < 1.29 is 9.53 Å². The fourth-order valence-corrected chi connectivity index (χ4v) is 3.24. The first-order valence-electron chi connectivity index (χ1n) is 8.44. The van der Waals surface area contributed by atoms with E-state index >= 15 is 0 Å². The van der Waals surface area contributed by atoms with Crippen LogP contribution in [0.5, 0.6) is 0 Å². The van der Waals surface area contributed by atoms with Gasteiger partial charge in [-0.15, -0.1) is 11.3 Å². The van der Waals surface area contributed by atoms with Gasteiger partial charge in [-0.05, 0) is 39.8 Å². The molecule has 1 amide bonds. The van der Waals surface area contributed by atoms with Gasteiger partial charge in [0.1, 0.15) is 5.60 Å². The molecule has 3 aromatic rings. The van der Waals surface area contributed by atoms with E-state index in [0.29, 0.717) is 5.13 Å². The number of carbonyl (C=O) groups excluding carboxylic acids is 1. The van der Waals surface area contributed by atoms with E-state index in [-0.39, 0.29) is 0 Å². The van der Waals surface area contributed by atoms with Gasteiger partial charge in [0.25, 0.3) is 0 Å². The van der Waals surface area contributed by atoms with Crippen molar-refractivity contribution in [1.29, 1.82) is 0 Å². The minimum absolute atomic E-state index is 0.437. The van der Waals surface area contributed by atoms with Gasteiger partial charge in [0, 0.05) is 10.9 Å². The molecule has 3 rings (SSSR count). The SMILES string of the molecule is Cc1ccc(-c2csc(N(C(=O)OC(C)(C)C)c3ccccc3)n2)cc1. The number of para-hydroxylation sites is 1. The number of aromatic nitrogens is 1. The molecule has 0 fully saturated rings. The Balaban J connectivity index is 1.97. The maximum atomic E-state index is 12.8. The van der Waals surface area contributed by atoms with Gasteiger partial charge in [-0.25, -0.2) is 14.7 Å². The molecule has 26 heavy (non-hydrogen) atoms. The van der Waals surface area contributed by atoms with Crippen molar-refractivity contribution in [2.75, 3.05) is 4.90 Å². The predicted octanol–water partition coefficient (Wildman–Crippen LogP) is 6.19. The first-order chi connectivity index (χ1) is 12.3. The number of carbonyl (C=O) groups is 1. The zero-order valence-electron chi connectivity index (χ0n) is 15.4. The molecule has 5 heteroatoms. The quantitative estimate of drug-likeness (QED) is 0.555. The van der Waals surface area contributed by atoms with Gasteiger partial charge in [0.2, 0.25) is 0 Å². The Kier molecular flexibility index (Phi) is 5.09. The van der Waals surface area contributed by atoms with Crippen LogP contribution in [0.3, 0.4) is 0 Å². The number of anilines is 2. The van der Waals surface area contributed by atoms with E-state index < -0.39 is 11.7 Å². The van der Waals surface area contributed by atoms with Gasteiger partial charge < -0.3 is 4.74 Å². The zero-order valence-corrected chi connectivity index (χ0v) is 16.2. The standard InChI is InChI=1S/C21H22N2O2S/c1-15-10-12-16(13-11-15)18-14-26-19(22-18)23(17-8-6-5-7-9-17)20(24)25-21(2,3)4/h5-14H,1-4H3. The molecule has 0 aliphatic rings. The smallest absolute Gasteiger partial charge is 0.421 e. The molecule has 4 nitrogen and oxygen atoms in total. The lowest BCUT2D eigenvalue weighted by atomic mass is 10.1. The second-order valence-electron chi connectivity index (χ2n) is 7.03. The normalized spacial score (nSPS) is 11.2. The van der Waals surface area contributed by atoms with Gasteiger partial charge in [0.05, 0.1) is 11.4 Å². The van der Waals surface area contributed by atoms with E-state index in [1.165, 1.54) is 21.8 Å². The van der Waals surface area contributed by atoms with Crippen LogP contribution < -0.4 is 4.90 Å². The summed E-state index contributed by atoms with van der Waals surface area (Å²) < 4.78 is 5.59. The van der Waals surface area contributed by atoms with Crippen LogP contribution in [0.25, 0.3) is 11.3 Å². The Hall–Kier alpha value is -2.66. The van der Waals surface area contributed by atoms with Gasteiger partial charge >= 0.3 is 6.09 Å². The molecular weight excluding hydrogens is 344 g/mol. The minimum Gasteiger partial charge on any atom is -0.443 e. The fourth-order valence-electron chi connectivity index (χ4n) is 2.40. The molecule has 0 aliphatic carbocycles. The lowest BCUT2D eigenvalue weighted by Crippen LogP contribution is -2.33. The van der Waals surface area contributed by atoms with E-state index in [2.05, 4.69) is 24.0 Å².